The summed E-state index contributed by atoms with van der Waals surface area (Å²) in [6, 6.07) is 10.1. The summed E-state index contributed by atoms with van der Waals surface area (Å²) >= 11 is 0. The van der Waals surface area contributed by atoms with E-state index in [0.29, 0.717) is 5.56 Å². The van der Waals surface area contributed by atoms with Gasteiger partial charge in [-0.2, -0.15) is 0 Å². The van der Waals surface area contributed by atoms with Gasteiger partial charge in [-0.1, -0.05) is 18.2 Å². The number of carbonyl (C=O) groups excluding carboxylic acids is 1. The molecule has 1 amide bonds. The van der Waals surface area contributed by atoms with Crippen molar-refractivity contribution in [2.24, 2.45) is 0 Å². The number of halogens is 1. The molecule has 0 radical (unpaired) electrons. The zero-order valence-corrected chi connectivity index (χ0v) is 12.7. The van der Waals surface area contributed by atoms with Gasteiger partial charge in [-0.05, 0) is 18.2 Å². The van der Waals surface area contributed by atoms with Gasteiger partial charge in [-0.3, -0.25) is 14.9 Å². The van der Waals surface area contributed by atoms with Gasteiger partial charge in [-0.15, -0.1) is 0 Å². The average Bonchev–Trinajstić information content (AvgIpc) is 2.55. The van der Waals surface area contributed by atoms with E-state index in [1.807, 2.05) is 0 Å². The van der Waals surface area contributed by atoms with Crippen molar-refractivity contribution in [3.05, 3.63) is 69.5 Å². The van der Waals surface area contributed by atoms with Crippen molar-refractivity contribution in [3.63, 3.8) is 0 Å². The summed E-state index contributed by atoms with van der Waals surface area (Å²) in [6.45, 7) is 0.0608. The van der Waals surface area contributed by atoms with Gasteiger partial charge >= 0.3 is 5.69 Å². The zero-order chi connectivity index (χ0) is 17.0. The molecule has 0 bridgehead atoms. The first-order valence-electron chi connectivity index (χ1n) is 6.75. The molecular weight excluding hydrogens is 303 g/mol. The zero-order valence-electron chi connectivity index (χ0n) is 12.7. The Balaban J connectivity index is 2.24. The second-order valence-electron chi connectivity index (χ2n) is 4.90. The molecule has 2 aromatic carbocycles. The predicted octanol–water partition coefficient (Wildman–Crippen LogP) is 3.01. The van der Waals surface area contributed by atoms with Gasteiger partial charge in [0, 0.05) is 30.8 Å². The quantitative estimate of drug-likeness (QED) is 0.627. The van der Waals surface area contributed by atoms with Crippen LogP contribution in [0, 0.1) is 15.9 Å². The van der Waals surface area contributed by atoms with E-state index in [-0.39, 0.29) is 23.5 Å². The maximum Gasteiger partial charge on any atom is 0.311 e. The van der Waals surface area contributed by atoms with E-state index >= 15 is 0 Å². The van der Waals surface area contributed by atoms with E-state index in [0.717, 1.165) is 6.07 Å². The molecule has 0 saturated heterocycles. The second-order valence-corrected chi connectivity index (χ2v) is 4.90. The summed E-state index contributed by atoms with van der Waals surface area (Å²) in [5.74, 6) is -0.782. The molecule has 23 heavy (non-hydrogen) atoms. The third-order valence-corrected chi connectivity index (χ3v) is 3.33. The fraction of sp³-hybridized carbons (Fsp3) is 0.188. The predicted molar refractivity (Wildman–Crippen MR) is 81.8 cm³/mol. The summed E-state index contributed by atoms with van der Waals surface area (Å²) in [6.07, 6.45) is 0. The number of nitro groups is 1. The summed E-state index contributed by atoms with van der Waals surface area (Å²) in [5, 5.41) is 11.0. The Kier molecular flexibility index (Phi) is 4.90. The largest absolute Gasteiger partial charge is 0.490 e. The Morgan fingerprint density at radius 1 is 1.30 bits per heavy atom. The second kappa shape index (κ2) is 6.87. The topological polar surface area (TPSA) is 72.7 Å². The number of amides is 1. The van der Waals surface area contributed by atoms with Gasteiger partial charge in [0.1, 0.15) is 5.82 Å². The molecule has 6 nitrogen and oxygen atoms in total. The summed E-state index contributed by atoms with van der Waals surface area (Å²) in [7, 11) is 2.82. The number of benzene rings is 2. The van der Waals surface area contributed by atoms with Gasteiger partial charge in [0.2, 0.25) is 0 Å². The standard InChI is InChI=1S/C16H15FN2O4/c1-18(10-12-5-3-4-6-13(12)17)16(20)11-7-8-15(23-2)14(9-11)19(21)22/h3-9H,10H2,1-2H3. The molecule has 2 rings (SSSR count). The van der Waals surface area contributed by atoms with Crippen LogP contribution in [0.1, 0.15) is 15.9 Å². The molecular formula is C16H15FN2O4. The molecule has 0 aliphatic carbocycles. The number of hydrogen-bond acceptors (Lipinski definition) is 4. The number of nitrogens with zero attached hydrogens (tertiary/aromatic N) is 2. The van der Waals surface area contributed by atoms with Crippen LogP contribution in [-0.2, 0) is 6.54 Å². The maximum atomic E-state index is 13.6. The van der Waals surface area contributed by atoms with Crippen molar-refractivity contribution in [3.8, 4) is 5.75 Å². The van der Waals surface area contributed by atoms with Crippen LogP contribution in [0.4, 0.5) is 10.1 Å². The smallest absolute Gasteiger partial charge is 0.311 e. The molecule has 2 aromatic rings. The normalized spacial score (nSPS) is 10.2. The lowest BCUT2D eigenvalue weighted by Gasteiger charge is -2.18. The molecule has 0 fully saturated rings. The fourth-order valence-corrected chi connectivity index (χ4v) is 2.14. The molecule has 0 atom stereocenters. The van der Waals surface area contributed by atoms with Crippen LogP contribution in [0.25, 0.3) is 0 Å². The van der Waals surface area contributed by atoms with E-state index in [2.05, 4.69) is 0 Å². The molecule has 0 heterocycles. The van der Waals surface area contributed by atoms with E-state index in [1.54, 1.807) is 18.2 Å². The molecule has 0 spiro atoms. The van der Waals surface area contributed by atoms with E-state index in [9.17, 15) is 19.3 Å². The lowest BCUT2D eigenvalue weighted by atomic mass is 10.1. The molecule has 120 valence electrons. The van der Waals surface area contributed by atoms with Gasteiger partial charge in [-0.25, -0.2) is 4.39 Å². The Morgan fingerprint density at radius 3 is 2.61 bits per heavy atom. The van der Waals surface area contributed by atoms with Crippen LogP contribution in [-0.4, -0.2) is 29.9 Å². The Hall–Kier alpha value is -2.96. The minimum absolute atomic E-state index is 0.0608. The monoisotopic (exact) mass is 318 g/mol. The van der Waals surface area contributed by atoms with Crippen LogP contribution in [0.2, 0.25) is 0 Å². The maximum absolute atomic E-state index is 13.6. The number of nitro benzene ring substituents is 1. The lowest BCUT2D eigenvalue weighted by Crippen LogP contribution is -2.26. The first kappa shape index (κ1) is 16.4. The van der Waals surface area contributed by atoms with Crippen molar-refractivity contribution in [1.82, 2.24) is 4.90 Å². The highest BCUT2D eigenvalue weighted by atomic mass is 19.1. The molecule has 0 aliphatic heterocycles. The van der Waals surface area contributed by atoms with Crippen LogP contribution in [0.5, 0.6) is 5.75 Å². The fourth-order valence-electron chi connectivity index (χ4n) is 2.14. The van der Waals surface area contributed by atoms with Crippen LogP contribution in [0.3, 0.4) is 0 Å². The number of ether oxygens (including phenoxy) is 1. The molecule has 7 heteroatoms. The van der Waals surface area contributed by atoms with E-state index in [1.165, 1.54) is 37.3 Å². The van der Waals surface area contributed by atoms with Crippen molar-refractivity contribution >= 4 is 11.6 Å². The highest BCUT2D eigenvalue weighted by molar-refractivity contribution is 5.95. The van der Waals surface area contributed by atoms with Gasteiger partial charge in [0.05, 0.1) is 12.0 Å². The Morgan fingerprint density at radius 2 is 2.00 bits per heavy atom. The highest BCUT2D eigenvalue weighted by Gasteiger charge is 2.20. The van der Waals surface area contributed by atoms with Crippen LogP contribution >= 0.6 is 0 Å². The van der Waals surface area contributed by atoms with E-state index in [4.69, 9.17) is 4.74 Å². The van der Waals surface area contributed by atoms with Crippen LogP contribution < -0.4 is 4.74 Å². The van der Waals surface area contributed by atoms with Gasteiger partial charge < -0.3 is 9.64 Å². The van der Waals surface area contributed by atoms with Crippen LogP contribution in [0.15, 0.2) is 42.5 Å². The summed E-state index contributed by atoms with van der Waals surface area (Å²) in [4.78, 5) is 24.1. The third-order valence-electron chi connectivity index (χ3n) is 3.33. The molecule has 0 saturated carbocycles. The first-order chi connectivity index (χ1) is 10.9. The minimum Gasteiger partial charge on any atom is -0.490 e. The molecule has 0 unspecified atom stereocenters. The Labute approximate surface area is 132 Å². The van der Waals surface area contributed by atoms with Crippen molar-refractivity contribution in [1.29, 1.82) is 0 Å². The van der Waals surface area contributed by atoms with E-state index < -0.39 is 16.6 Å². The summed E-state index contributed by atoms with van der Waals surface area (Å²) < 4.78 is 18.5. The molecule has 0 N–H and O–H groups in total. The Bertz CT molecular complexity index is 749. The van der Waals surface area contributed by atoms with Gasteiger partial charge in [0.15, 0.2) is 5.75 Å². The lowest BCUT2D eigenvalue weighted by molar-refractivity contribution is -0.385. The highest BCUT2D eigenvalue weighted by Crippen LogP contribution is 2.28. The molecule has 0 aliphatic rings. The number of methoxy groups -OCH3 is 1. The molecule has 0 aromatic heterocycles. The van der Waals surface area contributed by atoms with Crippen molar-refractivity contribution < 1.29 is 18.8 Å². The average molecular weight is 318 g/mol. The number of carbonyl (C=O) groups is 1. The first-order valence-corrected chi connectivity index (χ1v) is 6.75. The third kappa shape index (κ3) is 3.63. The van der Waals surface area contributed by atoms with Crippen molar-refractivity contribution in [2.75, 3.05) is 14.2 Å². The summed E-state index contributed by atoms with van der Waals surface area (Å²) in [5.41, 5.74) is 0.209. The van der Waals surface area contributed by atoms with Crippen molar-refractivity contribution in [2.45, 2.75) is 6.54 Å². The minimum atomic E-state index is -0.619. The number of rotatable bonds is 5. The SMILES string of the molecule is COc1ccc(C(=O)N(C)Cc2ccccc2F)cc1[N+](=O)[O-]. The number of hydrogen-bond donors (Lipinski definition) is 0. The van der Waals surface area contributed by atoms with Gasteiger partial charge in [0.25, 0.3) is 5.91 Å².